The first-order chi connectivity index (χ1) is 8.28. The second-order valence-electron chi connectivity index (χ2n) is 3.51. The number of nitrogen functional groups attached to an aromatic ring is 1. The molecule has 0 atom stereocenters. The van der Waals surface area contributed by atoms with Crippen LogP contribution >= 0.6 is 0 Å². The van der Waals surface area contributed by atoms with Gasteiger partial charge in [0.2, 0.25) is 0 Å². The Kier molecular flexibility index (Phi) is 3.21. The number of nitrogens with one attached hydrogen (secondary N) is 1. The van der Waals surface area contributed by atoms with Gasteiger partial charge in [0, 0.05) is 12.7 Å². The van der Waals surface area contributed by atoms with Gasteiger partial charge in [0.05, 0.1) is 30.3 Å². The molecule has 0 bridgehead atoms. The molecule has 0 aromatic carbocycles. The van der Waals surface area contributed by atoms with Crippen LogP contribution in [0.2, 0.25) is 0 Å². The summed E-state index contributed by atoms with van der Waals surface area (Å²) in [6.45, 7) is 1.44. The average Bonchev–Trinajstić information content (AvgIpc) is 2.76. The summed E-state index contributed by atoms with van der Waals surface area (Å²) in [6, 6.07) is 5.47. The maximum atomic E-state index is 8.60. The maximum Gasteiger partial charge on any atom is 0.140 e. The van der Waals surface area contributed by atoms with Crippen molar-refractivity contribution >= 4 is 11.4 Å². The largest absolute Gasteiger partial charge is 0.396 e. The summed E-state index contributed by atoms with van der Waals surface area (Å²) in [4.78, 5) is 3.96. The van der Waals surface area contributed by atoms with E-state index in [2.05, 4.69) is 15.4 Å². The van der Waals surface area contributed by atoms with Gasteiger partial charge < -0.3 is 11.1 Å². The minimum absolute atomic E-state index is 0.412. The molecule has 0 aliphatic heterocycles. The summed E-state index contributed by atoms with van der Waals surface area (Å²) in [6.07, 6.45) is 5.03. The third-order valence-corrected chi connectivity index (χ3v) is 2.20. The number of nitrogens with zero attached hydrogens (tertiary/aromatic N) is 4. The molecule has 6 heteroatoms. The summed E-state index contributed by atoms with van der Waals surface area (Å²) >= 11 is 0. The first kappa shape index (κ1) is 11.0. The summed E-state index contributed by atoms with van der Waals surface area (Å²) in [7, 11) is 0. The van der Waals surface area contributed by atoms with Crippen molar-refractivity contribution in [2.24, 2.45) is 0 Å². The van der Waals surface area contributed by atoms with Crippen LogP contribution in [0, 0.1) is 11.3 Å². The van der Waals surface area contributed by atoms with E-state index in [-0.39, 0.29) is 0 Å². The first-order valence-corrected chi connectivity index (χ1v) is 5.16. The van der Waals surface area contributed by atoms with Crippen LogP contribution in [0.4, 0.5) is 11.4 Å². The fourth-order valence-corrected chi connectivity index (χ4v) is 1.38. The smallest absolute Gasteiger partial charge is 0.140 e. The molecule has 0 radical (unpaired) electrons. The van der Waals surface area contributed by atoms with Gasteiger partial charge in [-0.3, -0.25) is 4.68 Å². The molecule has 0 fully saturated rings. The number of nitriles is 1. The number of hydrogen-bond acceptors (Lipinski definition) is 5. The first-order valence-electron chi connectivity index (χ1n) is 5.16. The average molecular weight is 228 g/mol. The molecule has 2 aromatic heterocycles. The summed E-state index contributed by atoms with van der Waals surface area (Å²) in [5.74, 6) is 0. The standard InChI is InChI=1S/C11H12N6/c12-5-10-1-2-11(7-15-10)14-3-4-17-8-9(13)6-16-17/h1-2,6-8,14H,3-4,13H2. The predicted molar refractivity (Wildman–Crippen MR) is 64.1 cm³/mol. The van der Waals surface area contributed by atoms with Crippen LogP contribution in [0.15, 0.2) is 30.7 Å². The van der Waals surface area contributed by atoms with Gasteiger partial charge in [-0.25, -0.2) is 4.98 Å². The number of pyridine rings is 1. The van der Waals surface area contributed by atoms with Crippen molar-refractivity contribution < 1.29 is 0 Å². The lowest BCUT2D eigenvalue weighted by Gasteiger charge is -2.05. The van der Waals surface area contributed by atoms with Gasteiger partial charge in [-0.2, -0.15) is 10.4 Å². The number of aromatic nitrogens is 3. The highest BCUT2D eigenvalue weighted by Gasteiger charge is 1.96. The number of nitrogens with two attached hydrogens (primary N) is 1. The lowest BCUT2D eigenvalue weighted by atomic mass is 10.3. The Labute approximate surface area is 98.7 Å². The van der Waals surface area contributed by atoms with Crippen molar-refractivity contribution in [2.75, 3.05) is 17.6 Å². The van der Waals surface area contributed by atoms with Crippen LogP contribution in [-0.4, -0.2) is 21.3 Å². The molecule has 0 aliphatic carbocycles. The Balaban J connectivity index is 1.84. The van der Waals surface area contributed by atoms with Crippen LogP contribution in [0.1, 0.15) is 5.69 Å². The third-order valence-electron chi connectivity index (χ3n) is 2.20. The predicted octanol–water partition coefficient (Wildman–Crippen LogP) is 0.844. The highest BCUT2D eigenvalue weighted by atomic mass is 15.3. The monoisotopic (exact) mass is 228 g/mol. The Hall–Kier alpha value is -2.55. The molecule has 86 valence electrons. The van der Waals surface area contributed by atoms with Crippen LogP contribution < -0.4 is 11.1 Å². The molecular formula is C11H12N6. The lowest BCUT2D eigenvalue weighted by Crippen LogP contribution is -2.10. The minimum atomic E-state index is 0.412. The summed E-state index contributed by atoms with van der Waals surface area (Å²) in [5.41, 5.74) is 7.50. The van der Waals surface area contributed by atoms with Crippen molar-refractivity contribution in [3.8, 4) is 6.07 Å². The molecule has 0 spiro atoms. The van der Waals surface area contributed by atoms with E-state index in [0.29, 0.717) is 17.9 Å². The number of rotatable bonds is 4. The van der Waals surface area contributed by atoms with Crippen molar-refractivity contribution in [3.05, 3.63) is 36.4 Å². The molecule has 3 N–H and O–H groups in total. The second kappa shape index (κ2) is 4.99. The van der Waals surface area contributed by atoms with Gasteiger partial charge >= 0.3 is 0 Å². The molecule has 0 saturated carbocycles. The zero-order chi connectivity index (χ0) is 12.1. The van der Waals surface area contributed by atoms with Crippen LogP contribution in [0.3, 0.4) is 0 Å². The highest BCUT2D eigenvalue weighted by Crippen LogP contribution is 2.05. The molecule has 0 saturated heterocycles. The van der Waals surface area contributed by atoms with Crippen LogP contribution in [0.25, 0.3) is 0 Å². The van der Waals surface area contributed by atoms with Crippen LogP contribution in [0.5, 0.6) is 0 Å². The molecule has 0 amide bonds. The minimum Gasteiger partial charge on any atom is -0.396 e. The quantitative estimate of drug-likeness (QED) is 0.809. The molecule has 6 nitrogen and oxygen atoms in total. The third kappa shape index (κ3) is 2.95. The normalized spacial score (nSPS) is 9.82. The molecule has 0 unspecified atom stereocenters. The Morgan fingerprint density at radius 1 is 1.41 bits per heavy atom. The van der Waals surface area contributed by atoms with Crippen molar-refractivity contribution in [2.45, 2.75) is 6.54 Å². The molecule has 2 heterocycles. The Bertz CT molecular complexity index is 522. The van der Waals surface area contributed by atoms with Gasteiger partial charge in [-0.15, -0.1) is 0 Å². The van der Waals surface area contributed by atoms with Crippen molar-refractivity contribution in [3.63, 3.8) is 0 Å². The summed E-state index contributed by atoms with van der Waals surface area (Å²) in [5, 5.41) is 15.8. The van der Waals surface area contributed by atoms with E-state index >= 15 is 0 Å². The SMILES string of the molecule is N#Cc1ccc(NCCn2cc(N)cn2)cn1. The van der Waals surface area contributed by atoms with Gasteiger partial charge in [-0.05, 0) is 12.1 Å². The van der Waals surface area contributed by atoms with E-state index < -0.39 is 0 Å². The van der Waals surface area contributed by atoms with Gasteiger partial charge in [0.1, 0.15) is 11.8 Å². The zero-order valence-electron chi connectivity index (χ0n) is 9.17. The Morgan fingerprint density at radius 3 is 2.88 bits per heavy atom. The van der Waals surface area contributed by atoms with Gasteiger partial charge in [0.15, 0.2) is 0 Å². The summed E-state index contributed by atoms with van der Waals surface area (Å²) < 4.78 is 1.76. The fraction of sp³-hybridized carbons (Fsp3) is 0.182. The second-order valence-corrected chi connectivity index (χ2v) is 3.51. The van der Waals surface area contributed by atoms with E-state index in [1.807, 2.05) is 12.1 Å². The molecule has 2 aromatic rings. The number of anilines is 2. The van der Waals surface area contributed by atoms with E-state index in [4.69, 9.17) is 11.0 Å². The van der Waals surface area contributed by atoms with Gasteiger partial charge in [-0.1, -0.05) is 0 Å². The van der Waals surface area contributed by atoms with Crippen molar-refractivity contribution in [1.29, 1.82) is 5.26 Å². The fourth-order valence-electron chi connectivity index (χ4n) is 1.38. The molecule has 2 rings (SSSR count). The van der Waals surface area contributed by atoms with E-state index in [1.165, 1.54) is 0 Å². The topological polar surface area (TPSA) is 92.5 Å². The van der Waals surface area contributed by atoms with Gasteiger partial charge in [0.25, 0.3) is 0 Å². The van der Waals surface area contributed by atoms with E-state index in [1.54, 1.807) is 29.3 Å². The Morgan fingerprint density at radius 2 is 2.29 bits per heavy atom. The lowest BCUT2D eigenvalue weighted by molar-refractivity contribution is 0.638. The molecule has 0 aliphatic rings. The number of hydrogen-bond donors (Lipinski definition) is 2. The van der Waals surface area contributed by atoms with E-state index in [0.717, 1.165) is 12.2 Å². The van der Waals surface area contributed by atoms with E-state index in [9.17, 15) is 0 Å². The molecular weight excluding hydrogens is 216 g/mol. The maximum absolute atomic E-state index is 8.60. The van der Waals surface area contributed by atoms with Crippen LogP contribution in [-0.2, 0) is 6.54 Å². The molecule has 17 heavy (non-hydrogen) atoms. The van der Waals surface area contributed by atoms with Crippen molar-refractivity contribution in [1.82, 2.24) is 14.8 Å². The highest BCUT2D eigenvalue weighted by molar-refractivity contribution is 5.42. The zero-order valence-corrected chi connectivity index (χ0v) is 9.17.